The van der Waals surface area contributed by atoms with Crippen LogP contribution >= 0.6 is 0 Å². The van der Waals surface area contributed by atoms with E-state index in [2.05, 4.69) is 10.0 Å². The van der Waals surface area contributed by atoms with Gasteiger partial charge in [0.15, 0.2) is 0 Å². The van der Waals surface area contributed by atoms with E-state index in [-0.39, 0.29) is 28.6 Å². The molecule has 0 unspecified atom stereocenters. The molecule has 0 aliphatic heterocycles. The molecule has 3 aromatic rings. The lowest BCUT2D eigenvalue weighted by Crippen LogP contribution is -2.16. The summed E-state index contributed by atoms with van der Waals surface area (Å²) in [6, 6.07) is 16.2. The largest absolute Gasteiger partial charge is 0.497 e. The molecule has 0 radical (unpaired) electrons. The molecule has 1 amide bonds. The van der Waals surface area contributed by atoms with Gasteiger partial charge in [-0.05, 0) is 54.1 Å². The molecule has 0 aliphatic carbocycles. The van der Waals surface area contributed by atoms with Gasteiger partial charge in [0.25, 0.3) is 10.0 Å². The molecule has 0 aliphatic rings. The van der Waals surface area contributed by atoms with Crippen LogP contribution in [0.1, 0.15) is 11.1 Å². The second-order valence-electron chi connectivity index (χ2n) is 6.79. The van der Waals surface area contributed by atoms with Gasteiger partial charge in [-0.3, -0.25) is 9.52 Å². The molecule has 6 nitrogen and oxygen atoms in total. The van der Waals surface area contributed by atoms with Crippen LogP contribution in [0.15, 0.2) is 77.7 Å². The standard InChI is InChI=1S/C22H19F3N2O4S/c1-31-19-9-2-5-15(11-19)12-21(28)26-17-7-4-10-20(14-17)32(29,30)27-18-8-3-6-16(13-18)22(23,24)25/h2-11,13-14,27H,12H2,1H3,(H,26,28). The van der Waals surface area contributed by atoms with Gasteiger partial charge in [-0.1, -0.05) is 24.3 Å². The number of methoxy groups -OCH3 is 1. The van der Waals surface area contributed by atoms with E-state index in [4.69, 9.17) is 4.74 Å². The Balaban J connectivity index is 1.74. The first-order valence-corrected chi connectivity index (χ1v) is 10.8. The predicted molar refractivity (Wildman–Crippen MR) is 114 cm³/mol. The number of carbonyl (C=O) groups excluding carboxylic acids is 1. The summed E-state index contributed by atoms with van der Waals surface area (Å²) in [7, 11) is -2.67. The molecule has 0 bridgehead atoms. The first-order valence-electron chi connectivity index (χ1n) is 9.30. The molecule has 168 valence electrons. The van der Waals surface area contributed by atoms with Gasteiger partial charge in [0.05, 0.1) is 24.0 Å². The van der Waals surface area contributed by atoms with Crippen molar-refractivity contribution in [2.75, 3.05) is 17.1 Å². The Morgan fingerprint density at radius 3 is 2.34 bits per heavy atom. The Hall–Kier alpha value is -3.53. The average Bonchev–Trinajstić information content (AvgIpc) is 2.73. The first kappa shape index (κ1) is 23.1. The van der Waals surface area contributed by atoms with Gasteiger partial charge in [0, 0.05) is 11.4 Å². The van der Waals surface area contributed by atoms with Crippen molar-refractivity contribution >= 4 is 27.3 Å². The van der Waals surface area contributed by atoms with Crippen LogP contribution in [-0.4, -0.2) is 21.4 Å². The van der Waals surface area contributed by atoms with E-state index in [9.17, 15) is 26.4 Å². The van der Waals surface area contributed by atoms with E-state index in [0.717, 1.165) is 12.1 Å². The van der Waals surface area contributed by atoms with Crippen LogP contribution in [-0.2, 0) is 27.4 Å². The molecule has 0 heterocycles. The fourth-order valence-electron chi connectivity index (χ4n) is 2.89. The highest BCUT2D eigenvalue weighted by Crippen LogP contribution is 2.31. The quantitative estimate of drug-likeness (QED) is 0.531. The van der Waals surface area contributed by atoms with Crippen LogP contribution in [0.3, 0.4) is 0 Å². The van der Waals surface area contributed by atoms with Crippen molar-refractivity contribution in [1.29, 1.82) is 0 Å². The van der Waals surface area contributed by atoms with Crippen molar-refractivity contribution in [2.45, 2.75) is 17.5 Å². The zero-order chi connectivity index (χ0) is 23.4. The minimum Gasteiger partial charge on any atom is -0.497 e. The maximum Gasteiger partial charge on any atom is 0.416 e. The van der Waals surface area contributed by atoms with E-state index in [1.807, 2.05) is 0 Å². The van der Waals surface area contributed by atoms with Crippen molar-refractivity contribution in [2.24, 2.45) is 0 Å². The summed E-state index contributed by atoms with van der Waals surface area (Å²) in [6.45, 7) is 0. The number of anilines is 2. The zero-order valence-corrected chi connectivity index (χ0v) is 17.6. The number of alkyl halides is 3. The fraction of sp³-hybridized carbons (Fsp3) is 0.136. The normalized spacial score (nSPS) is 11.6. The van der Waals surface area contributed by atoms with E-state index < -0.39 is 21.8 Å². The Morgan fingerprint density at radius 1 is 0.938 bits per heavy atom. The van der Waals surface area contributed by atoms with Crippen molar-refractivity contribution in [3.8, 4) is 5.75 Å². The number of amides is 1. The molecule has 3 rings (SSSR count). The van der Waals surface area contributed by atoms with Crippen molar-refractivity contribution in [3.63, 3.8) is 0 Å². The third kappa shape index (κ3) is 6.01. The van der Waals surface area contributed by atoms with Crippen LogP contribution in [0.5, 0.6) is 5.75 Å². The number of benzene rings is 3. The van der Waals surface area contributed by atoms with Gasteiger partial charge >= 0.3 is 6.18 Å². The fourth-order valence-corrected chi connectivity index (χ4v) is 3.98. The number of halogens is 3. The summed E-state index contributed by atoms with van der Waals surface area (Å²) in [5.74, 6) is 0.225. The van der Waals surface area contributed by atoms with Gasteiger partial charge in [-0.25, -0.2) is 8.42 Å². The molecule has 10 heteroatoms. The summed E-state index contributed by atoms with van der Waals surface area (Å²) in [4.78, 5) is 12.1. The highest BCUT2D eigenvalue weighted by Gasteiger charge is 2.30. The summed E-state index contributed by atoms with van der Waals surface area (Å²) >= 11 is 0. The van der Waals surface area contributed by atoms with E-state index in [1.54, 1.807) is 24.3 Å². The second-order valence-corrected chi connectivity index (χ2v) is 8.47. The lowest BCUT2D eigenvalue weighted by Gasteiger charge is -2.12. The summed E-state index contributed by atoms with van der Waals surface area (Å²) in [6.07, 6.45) is -4.56. The molecular formula is C22H19F3N2O4S. The van der Waals surface area contributed by atoms with Gasteiger partial charge in [0.1, 0.15) is 5.75 Å². The van der Waals surface area contributed by atoms with Gasteiger partial charge < -0.3 is 10.1 Å². The van der Waals surface area contributed by atoms with Crippen LogP contribution in [0.4, 0.5) is 24.5 Å². The van der Waals surface area contributed by atoms with Crippen molar-refractivity contribution in [3.05, 3.63) is 83.9 Å². The molecule has 0 spiro atoms. The number of hydrogen-bond donors (Lipinski definition) is 2. The summed E-state index contributed by atoms with van der Waals surface area (Å²) in [5, 5.41) is 2.61. The average molecular weight is 464 g/mol. The number of rotatable bonds is 7. The van der Waals surface area contributed by atoms with Crippen molar-refractivity contribution in [1.82, 2.24) is 0 Å². The second kappa shape index (κ2) is 9.31. The Morgan fingerprint density at radius 2 is 1.62 bits per heavy atom. The monoisotopic (exact) mass is 464 g/mol. The molecule has 3 aromatic carbocycles. The number of ether oxygens (including phenoxy) is 1. The van der Waals surface area contributed by atoms with Crippen LogP contribution in [0, 0.1) is 0 Å². The minimum atomic E-state index is -4.60. The lowest BCUT2D eigenvalue weighted by atomic mass is 10.1. The van der Waals surface area contributed by atoms with Gasteiger partial charge in [-0.2, -0.15) is 13.2 Å². The van der Waals surface area contributed by atoms with E-state index in [1.165, 1.54) is 37.4 Å². The van der Waals surface area contributed by atoms with Crippen LogP contribution in [0.2, 0.25) is 0 Å². The highest BCUT2D eigenvalue weighted by atomic mass is 32.2. The van der Waals surface area contributed by atoms with E-state index in [0.29, 0.717) is 17.4 Å². The zero-order valence-electron chi connectivity index (χ0n) is 16.8. The summed E-state index contributed by atoms with van der Waals surface area (Å²) in [5.41, 5.74) is -0.273. The number of hydrogen-bond acceptors (Lipinski definition) is 4. The van der Waals surface area contributed by atoms with E-state index >= 15 is 0 Å². The Labute approximate surface area is 183 Å². The van der Waals surface area contributed by atoms with Crippen LogP contribution in [0.25, 0.3) is 0 Å². The number of carbonyl (C=O) groups is 1. The van der Waals surface area contributed by atoms with Crippen LogP contribution < -0.4 is 14.8 Å². The molecule has 32 heavy (non-hydrogen) atoms. The smallest absolute Gasteiger partial charge is 0.416 e. The molecule has 0 saturated carbocycles. The molecule has 0 fully saturated rings. The topological polar surface area (TPSA) is 84.5 Å². The van der Waals surface area contributed by atoms with Crippen molar-refractivity contribution < 1.29 is 31.1 Å². The third-order valence-electron chi connectivity index (χ3n) is 4.37. The third-order valence-corrected chi connectivity index (χ3v) is 5.75. The molecule has 0 atom stereocenters. The maximum atomic E-state index is 12.9. The summed E-state index contributed by atoms with van der Waals surface area (Å²) < 4.78 is 71.1. The first-order chi connectivity index (χ1) is 15.1. The molecule has 0 saturated heterocycles. The number of sulfonamides is 1. The Bertz CT molecular complexity index is 1230. The molecular weight excluding hydrogens is 445 g/mol. The highest BCUT2D eigenvalue weighted by molar-refractivity contribution is 7.92. The SMILES string of the molecule is COc1cccc(CC(=O)Nc2cccc(S(=O)(=O)Nc3cccc(C(F)(F)F)c3)c2)c1. The van der Waals surface area contributed by atoms with Gasteiger partial charge in [-0.15, -0.1) is 0 Å². The Kier molecular flexibility index (Phi) is 6.73. The minimum absolute atomic E-state index is 0.0384. The lowest BCUT2D eigenvalue weighted by molar-refractivity contribution is -0.137. The molecule has 0 aromatic heterocycles. The molecule has 2 N–H and O–H groups in total. The van der Waals surface area contributed by atoms with Gasteiger partial charge in [0.2, 0.25) is 5.91 Å². The predicted octanol–water partition coefficient (Wildman–Crippen LogP) is 4.70. The number of nitrogens with one attached hydrogen (secondary N) is 2. The maximum absolute atomic E-state index is 12.9.